The SMILES string of the molecule is CCSC1CCC(NC2CCc3cc(O)ccc32)C1. The number of aromatic hydroxyl groups is 1. The van der Waals surface area contributed by atoms with Crippen LogP contribution in [0.4, 0.5) is 0 Å². The fraction of sp³-hybridized carbons (Fsp3) is 0.625. The van der Waals surface area contributed by atoms with Crippen molar-refractivity contribution in [3.63, 3.8) is 0 Å². The lowest BCUT2D eigenvalue weighted by molar-refractivity contribution is 0.438. The standard InChI is InChI=1S/C16H23NOS/c1-2-19-14-6-4-12(10-14)17-16-8-3-11-9-13(18)5-7-15(11)16/h5,7,9,12,14,16-18H,2-4,6,8,10H2,1H3. The molecule has 104 valence electrons. The molecular weight excluding hydrogens is 254 g/mol. The molecule has 2 aliphatic rings. The Morgan fingerprint density at radius 2 is 2.21 bits per heavy atom. The van der Waals surface area contributed by atoms with Crippen LogP contribution in [-0.2, 0) is 6.42 Å². The number of hydrogen-bond donors (Lipinski definition) is 2. The average molecular weight is 277 g/mol. The summed E-state index contributed by atoms with van der Waals surface area (Å²) < 4.78 is 0. The minimum Gasteiger partial charge on any atom is -0.508 e. The zero-order chi connectivity index (χ0) is 13.2. The number of fused-ring (bicyclic) bond motifs is 1. The van der Waals surface area contributed by atoms with Crippen LogP contribution in [0.15, 0.2) is 18.2 Å². The van der Waals surface area contributed by atoms with Gasteiger partial charge in [-0.05, 0) is 61.1 Å². The summed E-state index contributed by atoms with van der Waals surface area (Å²) in [6.07, 6.45) is 6.29. The van der Waals surface area contributed by atoms with E-state index in [1.807, 2.05) is 12.1 Å². The van der Waals surface area contributed by atoms with Crippen molar-refractivity contribution in [2.75, 3.05) is 5.75 Å². The fourth-order valence-corrected chi connectivity index (χ4v) is 4.68. The molecule has 0 aliphatic heterocycles. The van der Waals surface area contributed by atoms with Crippen molar-refractivity contribution in [1.82, 2.24) is 5.32 Å². The third-order valence-electron chi connectivity index (χ3n) is 4.43. The normalized spacial score (nSPS) is 29.6. The summed E-state index contributed by atoms with van der Waals surface area (Å²) in [6, 6.07) is 7.05. The molecule has 0 bridgehead atoms. The zero-order valence-corrected chi connectivity index (χ0v) is 12.4. The highest BCUT2D eigenvalue weighted by molar-refractivity contribution is 7.99. The Kier molecular flexibility index (Phi) is 4.04. The third-order valence-corrected chi connectivity index (χ3v) is 5.66. The van der Waals surface area contributed by atoms with Crippen LogP contribution in [0.25, 0.3) is 0 Å². The fourth-order valence-electron chi connectivity index (χ4n) is 3.54. The van der Waals surface area contributed by atoms with Crippen LogP contribution in [-0.4, -0.2) is 22.2 Å². The Hall–Kier alpha value is -0.670. The Labute approximate surface area is 120 Å². The maximum absolute atomic E-state index is 9.54. The number of rotatable bonds is 4. The Balaban J connectivity index is 1.61. The maximum Gasteiger partial charge on any atom is 0.115 e. The van der Waals surface area contributed by atoms with Gasteiger partial charge in [-0.1, -0.05) is 13.0 Å². The van der Waals surface area contributed by atoms with E-state index < -0.39 is 0 Å². The van der Waals surface area contributed by atoms with Crippen LogP contribution >= 0.6 is 11.8 Å². The summed E-state index contributed by atoms with van der Waals surface area (Å²) in [6.45, 7) is 2.26. The second-order valence-electron chi connectivity index (χ2n) is 5.73. The summed E-state index contributed by atoms with van der Waals surface area (Å²) in [4.78, 5) is 0. The number of hydrogen-bond acceptors (Lipinski definition) is 3. The number of benzene rings is 1. The lowest BCUT2D eigenvalue weighted by atomic mass is 10.1. The van der Waals surface area contributed by atoms with E-state index in [0.717, 1.165) is 11.7 Å². The van der Waals surface area contributed by atoms with Crippen LogP contribution in [0.3, 0.4) is 0 Å². The largest absolute Gasteiger partial charge is 0.508 e. The first kappa shape index (κ1) is 13.3. The van der Waals surface area contributed by atoms with E-state index in [-0.39, 0.29) is 0 Å². The number of phenols is 1. The molecule has 0 aromatic heterocycles. The number of phenolic OH excluding ortho intramolecular Hbond substituents is 1. The van der Waals surface area contributed by atoms with Gasteiger partial charge in [0, 0.05) is 17.3 Å². The highest BCUT2D eigenvalue weighted by atomic mass is 32.2. The maximum atomic E-state index is 9.54. The molecule has 1 saturated carbocycles. The molecule has 3 rings (SSSR count). The van der Waals surface area contributed by atoms with E-state index in [1.165, 1.54) is 42.6 Å². The van der Waals surface area contributed by atoms with Crippen molar-refractivity contribution < 1.29 is 5.11 Å². The van der Waals surface area contributed by atoms with Crippen molar-refractivity contribution >= 4 is 11.8 Å². The Morgan fingerprint density at radius 1 is 1.32 bits per heavy atom. The monoisotopic (exact) mass is 277 g/mol. The van der Waals surface area contributed by atoms with E-state index in [2.05, 4.69) is 30.1 Å². The van der Waals surface area contributed by atoms with Crippen LogP contribution in [0.5, 0.6) is 5.75 Å². The van der Waals surface area contributed by atoms with Gasteiger partial charge in [-0.3, -0.25) is 0 Å². The van der Waals surface area contributed by atoms with Crippen LogP contribution in [0.2, 0.25) is 0 Å². The molecule has 0 saturated heterocycles. The molecule has 0 amide bonds. The van der Waals surface area contributed by atoms with E-state index in [1.54, 1.807) is 0 Å². The van der Waals surface area contributed by atoms with E-state index in [9.17, 15) is 5.11 Å². The highest BCUT2D eigenvalue weighted by Crippen LogP contribution is 2.36. The van der Waals surface area contributed by atoms with Crippen LogP contribution in [0.1, 0.15) is 49.8 Å². The first-order chi connectivity index (χ1) is 9.26. The lowest BCUT2D eigenvalue weighted by Crippen LogP contribution is -2.30. The molecular formula is C16H23NOS. The highest BCUT2D eigenvalue weighted by Gasteiger charge is 2.29. The molecule has 2 aliphatic carbocycles. The molecule has 1 fully saturated rings. The van der Waals surface area contributed by atoms with Gasteiger partial charge in [-0.25, -0.2) is 0 Å². The van der Waals surface area contributed by atoms with E-state index in [4.69, 9.17) is 0 Å². The number of aryl methyl sites for hydroxylation is 1. The van der Waals surface area contributed by atoms with Gasteiger partial charge in [-0.2, -0.15) is 11.8 Å². The predicted octanol–water partition coefficient (Wildman–Crippen LogP) is 3.64. The first-order valence-electron chi connectivity index (χ1n) is 7.45. The zero-order valence-electron chi connectivity index (χ0n) is 11.6. The minimum atomic E-state index is 0.402. The second-order valence-corrected chi connectivity index (χ2v) is 7.31. The van der Waals surface area contributed by atoms with E-state index >= 15 is 0 Å². The molecule has 3 atom stereocenters. The number of thioether (sulfide) groups is 1. The van der Waals surface area contributed by atoms with Gasteiger partial charge < -0.3 is 10.4 Å². The van der Waals surface area contributed by atoms with Gasteiger partial charge in [0.1, 0.15) is 5.75 Å². The van der Waals surface area contributed by atoms with Crippen LogP contribution in [0, 0.1) is 0 Å². The molecule has 2 nitrogen and oxygen atoms in total. The molecule has 3 heteroatoms. The van der Waals surface area contributed by atoms with Gasteiger partial charge in [0.25, 0.3) is 0 Å². The van der Waals surface area contributed by atoms with Gasteiger partial charge in [0.05, 0.1) is 0 Å². The quantitative estimate of drug-likeness (QED) is 0.881. The third kappa shape index (κ3) is 2.92. The molecule has 2 N–H and O–H groups in total. The first-order valence-corrected chi connectivity index (χ1v) is 8.50. The number of nitrogens with one attached hydrogen (secondary N) is 1. The predicted molar refractivity (Wildman–Crippen MR) is 81.9 cm³/mol. The molecule has 0 heterocycles. The summed E-state index contributed by atoms with van der Waals surface area (Å²) in [5.74, 6) is 1.64. The van der Waals surface area contributed by atoms with E-state index in [0.29, 0.717) is 17.8 Å². The molecule has 1 aromatic carbocycles. The smallest absolute Gasteiger partial charge is 0.115 e. The van der Waals surface area contributed by atoms with Crippen molar-refractivity contribution in [1.29, 1.82) is 0 Å². The Morgan fingerprint density at radius 3 is 3.05 bits per heavy atom. The van der Waals surface area contributed by atoms with Gasteiger partial charge in [0.2, 0.25) is 0 Å². The molecule has 19 heavy (non-hydrogen) atoms. The molecule has 1 aromatic rings. The minimum absolute atomic E-state index is 0.402. The summed E-state index contributed by atoms with van der Waals surface area (Å²) in [5.41, 5.74) is 2.74. The topological polar surface area (TPSA) is 32.3 Å². The van der Waals surface area contributed by atoms with Crippen LogP contribution < -0.4 is 5.32 Å². The molecule has 0 spiro atoms. The van der Waals surface area contributed by atoms with Crippen molar-refractivity contribution in [3.8, 4) is 5.75 Å². The van der Waals surface area contributed by atoms with Gasteiger partial charge in [-0.15, -0.1) is 0 Å². The summed E-state index contributed by atoms with van der Waals surface area (Å²) in [7, 11) is 0. The second kappa shape index (κ2) is 5.76. The summed E-state index contributed by atoms with van der Waals surface area (Å²) >= 11 is 2.12. The molecule has 0 radical (unpaired) electrons. The lowest BCUT2D eigenvalue weighted by Gasteiger charge is -2.20. The molecule has 3 unspecified atom stereocenters. The Bertz CT molecular complexity index is 448. The van der Waals surface area contributed by atoms with Gasteiger partial charge >= 0.3 is 0 Å². The van der Waals surface area contributed by atoms with Gasteiger partial charge in [0.15, 0.2) is 0 Å². The van der Waals surface area contributed by atoms with Crippen molar-refractivity contribution in [3.05, 3.63) is 29.3 Å². The average Bonchev–Trinajstić information content (AvgIpc) is 2.98. The van der Waals surface area contributed by atoms with Crippen molar-refractivity contribution in [2.45, 2.75) is 56.4 Å². The van der Waals surface area contributed by atoms with Crippen molar-refractivity contribution in [2.24, 2.45) is 0 Å². The summed E-state index contributed by atoms with van der Waals surface area (Å²) in [5, 5.41) is 14.2.